The molecular formula is C16H18N2O2. The summed E-state index contributed by atoms with van der Waals surface area (Å²) in [5.74, 6) is 1.60. The summed E-state index contributed by atoms with van der Waals surface area (Å²) in [6, 6.07) is 13.1. The summed E-state index contributed by atoms with van der Waals surface area (Å²) in [6.45, 7) is 2.47. The van der Waals surface area contributed by atoms with E-state index in [0.29, 0.717) is 12.2 Å². The van der Waals surface area contributed by atoms with E-state index in [-0.39, 0.29) is 5.84 Å². The maximum atomic E-state index is 7.34. The molecule has 0 radical (unpaired) electrons. The fourth-order valence-electron chi connectivity index (χ4n) is 1.91. The van der Waals surface area contributed by atoms with Gasteiger partial charge in [0, 0.05) is 11.1 Å². The van der Waals surface area contributed by atoms with Crippen molar-refractivity contribution in [1.82, 2.24) is 0 Å². The minimum absolute atomic E-state index is 0.0527. The van der Waals surface area contributed by atoms with Crippen LogP contribution in [0, 0.1) is 12.3 Å². The van der Waals surface area contributed by atoms with Crippen LogP contribution in [0.5, 0.6) is 11.5 Å². The highest BCUT2D eigenvalue weighted by Crippen LogP contribution is 2.22. The van der Waals surface area contributed by atoms with Gasteiger partial charge < -0.3 is 15.2 Å². The zero-order chi connectivity index (χ0) is 14.5. The molecule has 0 saturated carbocycles. The summed E-state index contributed by atoms with van der Waals surface area (Å²) in [5.41, 5.74) is 8.26. The Morgan fingerprint density at radius 1 is 1.15 bits per heavy atom. The molecule has 20 heavy (non-hydrogen) atoms. The number of benzene rings is 2. The van der Waals surface area contributed by atoms with Gasteiger partial charge in [0.15, 0.2) is 0 Å². The van der Waals surface area contributed by atoms with Gasteiger partial charge in [0.2, 0.25) is 0 Å². The molecule has 2 aromatic carbocycles. The lowest BCUT2D eigenvalue weighted by atomic mass is 10.1. The molecule has 3 N–H and O–H groups in total. The van der Waals surface area contributed by atoms with Gasteiger partial charge in [0.1, 0.15) is 23.9 Å². The van der Waals surface area contributed by atoms with Crippen LogP contribution in [0.4, 0.5) is 0 Å². The number of rotatable bonds is 5. The fourth-order valence-corrected chi connectivity index (χ4v) is 1.91. The molecule has 0 saturated heterocycles. The third-order valence-electron chi connectivity index (χ3n) is 3.00. The molecule has 0 aliphatic carbocycles. The first-order valence-corrected chi connectivity index (χ1v) is 6.31. The van der Waals surface area contributed by atoms with E-state index in [1.807, 2.05) is 25.1 Å². The van der Waals surface area contributed by atoms with Crippen LogP contribution in [-0.4, -0.2) is 12.9 Å². The van der Waals surface area contributed by atoms with E-state index in [4.69, 9.17) is 20.6 Å². The number of aryl methyl sites for hydroxylation is 1. The van der Waals surface area contributed by atoms with Gasteiger partial charge in [-0.3, -0.25) is 5.41 Å². The topological polar surface area (TPSA) is 68.3 Å². The maximum Gasteiger partial charge on any atom is 0.125 e. The zero-order valence-electron chi connectivity index (χ0n) is 11.6. The summed E-state index contributed by atoms with van der Waals surface area (Å²) in [6.07, 6.45) is 0. The molecule has 0 unspecified atom stereocenters. The third kappa shape index (κ3) is 3.29. The number of amidine groups is 1. The van der Waals surface area contributed by atoms with Crippen LogP contribution in [-0.2, 0) is 6.61 Å². The minimum atomic E-state index is 0.0527. The van der Waals surface area contributed by atoms with Crippen LogP contribution in [0.3, 0.4) is 0 Å². The molecular weight excluding hydrogens is 252 g/mol. The first-order chi connectivity index (χ1) is 9.60. The molecule has 4 heteroatoms. The SMILES string of the molecule is COc1ccc(C)cc1COc1ccc(C(=N)N)cc1. The predicted molar refractivity (Wildman–Crippen MR) is 79.5 cm³/mol. The first-order valence-electron chi connectivity index (χ1n) is 6.31. The van der Waals surface area contributed by atoms with Gasteiger partial charge in [-0.15, -0.1) is 0 Å². The van der Waals surface area contributed by atoms with E-state index in [2.05, 4.69) is 0 Å². The number of nitrogens with one attached hydrogen (secondary N) is 1. The van der Waals surface area contributed by atoms with E-state index in [9.17, 15) is 0 Å². The molecule has 0 aromatic heterocycles. The van der Waals surface area contributed by atoms with Crippen LogP contribution >= 0.6 is 0 Å². The second kappa shape index (κ2) is 6.10. The van der Waals surface area contributed by atoms with Crippen LogP contribution in [0.2, 0.25) is 0 Å². The van der Waals surface area contributed by atoms with Gasteiger partial charge >= 0.3 is 0 Å². The monoisotopic (exact) mass is 270 g/mol. The van der Waals surface area contributed by atoms with Crippen molar-refractivity contribution < 1.29 is 9.47 Å². The van der Waals surface area contributed by atoms with Crippen molar-refractivity contribution >= 4 is 5.84 Å². The minimum Gasteiger partial charge on any atom is -0.496 e. The van der Waals surface area contributed by atoms with E-state index < -0.39 is 0 Å². The first kappa shape index (κ1) is 13.9. The van der Waals surface area contributed by atoms with Gasteiger partial charge in [-0.25, -0.2) is 0 Å². The molecule has 0 heterocycles. The molecule has 2 rings (SSSR count). The summed E-state index contributed by atoms with van der Waals surface area (Å²) in [5, 5.41) is 7.34. The standard InChI is InChI=1S/C16H18N2O2/c1-11-3-8-15(19-2)13(9-11)10-20-14-6-4-12(5-7-14)16(17)18/h3-9H,10H2,1-2H3,(H3,17,18). The summed E-state index contributed by atoms with van der Waals surface area (Å²) in [4.78, 5) is 0. The molecule has 0 bridgehead atoms. The Balaban J connectivity index is 2.08. The summed E-state index contributed by atoms with van der Waals surface area (Å²) < 4.78 is 11.0. The predicted octanol–water partition coefficient (Wildman–Crippen LogP) is 2.87. The number of hydrogen-bond donors (Lipinski definition) is 2. The van der Waals surface area contributed by atoms with Gasteiger partial charge in [0.05, 0.1) is 7.11 Å². The number of nitrogens with two attached hydrogens (primary N) is 1. The Kier molecular flexibility index (Phi) is 4.25. The van der Waals surface area contributed by atoms with Crippen molar-refractivity contribution in [2.24, 2.45) is 5.73 Å². The molecule has 0 spiro atoms. The average Bonchev–Trinajstić information content (AvgIpc) is 2.45. The van der Waals surface area contributed by atoms with Crippen molar-refractivity contribution in [3.05, 3.63) is 59.2 Å². The number of nitrogen functional groups attached to an aromatic ring is 1. The van der Waals surface area contributed by atoms with Crippen LogP contribution in [0.15, 0.2) is 42.5 Å². The molecule has 0 aliphatic heterocycles. The number of hydrogen-bond acceptors (Lipinski definition) is 3. The van der Waals surface area contributed by atoms with Crippen LogP contribution < -0.4 is 15.2 Å². The Morgan fingerprint density at radius 3 is 2.45 bits per heavy atom. The molecule has 0 fully saturated rings. The van der Waals surface area contributed by atoms with Gasteiger partial charge in [0.25, 0.3) is 0 Å². The van der Waals surface area contributed by atoms with Gasteiger partial charge in [-0.1, -0.05) is 11.6 Å². The molecule has 104 valence electrons. The Hall–Kier alpha value is -2.49. The Labute approximate surface area is 118 Å². The van der Waals surface area contributed by atoms with Crippen molar-refractivity contribution in [2.75, 3.05) is 7.11 Å². The quantitative estimate of drug-likeness (QED) is 0.648. The van der Waals surface area contributed by atoms with Crippen molar-refractivity contribution in [3.8, 4) is 11.5 Å². The van der Waals surface area contributed by atoms with Crippen molar-refractivity contribution in [3.63, 3.8) is 0 Å². The Morgan fingerprint density at radius 2 is 1.85 bits per heavy atom. The van der Waals surface area contributed by atoms with Gasteiger partial charge in [-0.05, 0) is 43.3 Å². The molecule has 0 amide bonds. The normalized spacial score (nSPS) is 10.1. The summed E-state index contributed by atoms with van der Waals surface area (Å²) >= 11 is 0. The Bertz CT molecular complexity index is 606. The highest BCUT2D eigenvalue weighted by atomic mass is 16.5. The van der Waals surface area contributed by atoms with Crippen molar-refractivity contribution in [1.29, 1.82) is 5.41 Å². The van der Waals surface area contributed by atoms with Gasteiger partial charge in [-0.2, -0.15) is 0 Å². The summed E-state index contributed by atoms with van der Waals surface area (Å²) in [7, 11) is 1.65. The second-order valence-electron chi connectivity index (χ2n) is 4.54. The van der Waals surface area contributed by atoms with Crippen LogP contribution in [0.1, 0.15) is 16.7 Å². The van der Waals surface area contributed by atoms with E-state index in [1.165, 1.54) is 0 Å². The lowest BCUT2D eigenvalue weighted by Gasteiger charge is -2.11. The smallest absolute Gasteiger partial charge is 0.125 e. The van der Waals surface area contributed by atoms with Crippen molar-refractivity contribution in [2.45, 2.75) is 13.5 Å². The number of ether oxygens (including phenoxy) is 2. The van der Waals surface area contributed by atoms with Crippen LogP contribution in [0.25, 0.3) is 0 Å². The average molecular weight is 270 g/mol. The third-order valence-corrected chi connectivity index (χ3v) is 3.00. The molecule has 0 atom stereocenters. The maximum absolute atomic E-state index is 7.34. The molecule has 4 nitrogen and oxygen atoms in total. The lowest BCUT2D eigenvalue weighted by Crippen LogP contribution is -2.10. The largest absolute Gasteiger partial charge is 0.496 e. The van der Waals surface area contributed by atoms with E-state index in [0.717, 1.165) is 22.6 Å². The zero-order valence-corrected chi connectivity index (χ0v) is 11.6. The highest BCUT2D eigenvalue weighted by Gasteiger charge is 2.04. The molecule has 0 aliphatic rings. The highest BCUT2D eigenvalue weighted by molar-refractivity contribution is 5.94. The number of methoxy groups -OCH3 is 1. The lowest BCUT2D eigenvalue weighted by molar-refractivity contribution is 0.296. The fraction of sp³-hybridized carbons (Fsp3) is 0.188. The van der Waals surface area contributed by atoms with E-state index in [1.54, 1.807) is 31.4 Å². The second-order valence-corrected chi connectivity index (χ2v) is 4.54. The molecule has 2 aromatic rings. The van der Waals surface area contributed by atoms with E-state index >= 15 is 0 Å².